The monoisotopic (exact) mass is 235 g/mol. The quantitative estimate of drug-likeness (QED) is 0.767. The van der Waals surface area contributed by atoms with Gasteiger partial charge in [-0.3, -0.25) is 4.79 Å². The van der Waals surface area contributed by atoms with E-state index in [-0.39, 0.29) is 5.75 Å². The van der Waals surface area contributed by atoms with Gasteiger partial charge in [0.05, 0.1) is 11.4 Å². The summed E-state index contributed by atoms with van der Waals surface area (Å²) in [6.45, 7) is 0. The molecule has 82 valence electrons. The Balaban J connectivity index is 2.23. The standard InChI is InChI=1S/C9H9N5OS/c10-8(15)6-16-9-11-12-13-14(9)7-4-2-1-3-5-7/h1-5H,6H2,(H2,10,15). The molecule has 0 saturated carbocycles. The van der Waals surface area contributed by atoms with Gasteiger partial charge in [0.25, 0.3) is 0 Å². The number of carbonyl (C=O) groups excluding carboxylic acids is 1. The minimum Gasteiger partial charge on any atom is -0.369 e. The van der Waals surface area contributed by atoms with Crippen LogP contribution in [0.3, 0.4) is 0 Å². The molecule has 0 aliphatic carbocycles. The van der Waals surface area contributed by atoms with Gasteiger partial charge in [-0.05, 0) is 22.6 Å². The molecule has 6 nitrogen and oxygen atoms in total. The van der Waals surface area contributed by atoms with Gasteiger partial charge in [0.15, 0.2) is 0 Å². The molecule has 0 aliphatic heterocycles. The van der Waals surface area contributed by atoms with E-state index in [0.29, 0.717) is 5.16 Å². The van der Waals surface area contributed by atoms with Crippen LogP contribution in [-0.4, -0.2) is 31.9 Å². The van der Waals surface area contributed by atoms with Crippen molar-refractivity contribution in [3.05, 3.63) is 30.3 Å². The van der Waals surface area contributed by atoms with Crippen LogP contribution in [0.15, 0.2) is 35.5 Å². The van der Waals surface area contributed by atoms with E-state index in [2.05, 4.69) is 15.5 Å². The fourth-order valence-electron chi connectivity index (χ4n) is 1.14. The third kappa shape index (κ3) is 2.37. The van der Waals surface area contributed by atoms with Crippen molar-refractivity contribution in [2.24, 2.45) is 5.73 Å². The zero-order chi connectivity index (χ0) is 11.4. The maximum atomic E-state index is 10.7. The molecule has 0 bridgehead atoms. The number of hydrogen-bond donors (Lipinski definition) is 1. The Morgan fingerprint density at radius 2 is 2.12 bits per heavy atom. The van der Waals surface area contributed by atoms with Gasteiger partial charge in [-0.1, -0.05) is 30.0 Å². The molecule has 0 atom stereocenters. The first-order valence-corrected chi connectivity index (χ1v) is 5.51. The predicted octanol–water partition coefficient (Wildman–Crippen LogP) is 0.240. The minimum atomic E-state index is -0.396. The Morgan fingerprint density at radius 3 is 2.81 bits per heavy atom. The van der Waals surface area contributed by atoms with Crippen molar-refractivity contribution in [1.82, 2.24) is 20.2 Å². The fraction of sp³-hybridized carbons (Fsp3) is 0.111. The normalized spacial score (nSPS) is 10.2. The van der Waals surface area contributed by atoms with Crippen LogP contribution in [0.2, 0.25) is 0 Å². The Labute approximate surface area is 95.8 Å². The third-order valence-electron chi connectivity index (χ3n) is 1.79. The highest BCUT2D eigenvalue weighted by Crippen LogP contribution is 2.16. The molecule has 0 spiro atoms. The van der Waals surface area contributed by atoms with Crippen molar-refractivity contribution in [3.63, 3.8) is 0 Å². The van der Waals surface area contributed by atoms with Gasteiger partial charge in [0.2, 0.25) is 11.1 Å². The molecule has 16 heavy (non-hydrogen) atoms. The molecule has 1 aromatic carbocycles. The molecule has 2 aromatic rings. The van der Waals surface area contributed by atoms with Crippen molar-refractivity contribution in [3.8, 4) is 5.69 Å². The number of nitrogens with zero attached hydrogens (tertiary/aromatic N) is 4. The number of aromatic nitrogens is 4. The predicted molar refractivity (Wildman–Crippen MR) is 59.1 cm³/mol. The van der Waals surface area contributed by atoms with E-state index in [0.717, 1.165) is 5.69 Å². The average Bonchev–Trinajstić information content (AvgIpc) is 2.75. The fourth-order valence-corrected chi connectivity index (χ4v) is 1.77. The number of rotatable bonds is 4. The molecule has 1 aromatic heterocycles. The van der Waals surface area contributed by atoms with Crippen LogP contribution in [0.4, 0.5) is 0 Å². The number of amides is 1. The van der Waals surface area contributed by atoms with Crippen LogP contribution in [0.25, 0.3) is 5.69 Å². The second-order valence-electron chi connectivity index (χ2n) is 2.96. The number of hydrogen-bond acceptors (Lipinski definition) is 5. The number of thioether (sulfide) groups is 1. The first-order chi connectivity index (χ1) is 7.77. The lowest BCUT2D eigenvalue weighted by Gasteiger charge is -2.02. The summed E-state index contributed by atoms with van der Waals surface area (Å²) in [4.78, 5) is 10.7. The van der Waals surface area contributed by atoms with Crippen LogP contribution in [0.5, 0.6) is 0 Å². The van der Waals surface area contributed by atoms with Crippen LogP contribution >= 0.6 is 11.8 Å². The van der Waals surface area contributed by atoms with Crippen molar-refractivity contribution in [1.29, 1.82) is 0 Å². The molecule has 1 amide bonds. The molecular formula is C9H9N5OS. The van der Waals surface area contributed by atoms with Crippen molar-refractivity contribution in [2.45, 2.75) is 5.16 Å². The largest absolute Gasteiger partial charge is 0.369 e. The summed E-state index contributed by atoms with van der Waals surface area (Å²) < 4.78 is 1.56. The van der Waals surface area contributed by atoms with Crippen LogP contribution in [-0.2, 0) is 4.79 Å². The van der Waals surface area contributed by atoms with Crippen LogP contribution in [0.1, 0.15) is 0 Å². The lowest BCUT2D eigenvalue weighted by Crippen LogP contribution is -2.13. The zero-order valence-electron chi connectivity index (χ0n) is 8.28. The van der Waals surface area contributed by atoms with Gasteiger partial charge in [-0.2, -0.15) is 4.68 Å². The van der Waals surface area contributed by atoms with Crippen LogP contribution in [0, 0.1) is 0 Å². The van der Waals surface area contributed by atoms with E-state index in [1.807, 2.05) is 30.3 Å². The molecule has 0 saturated heterocycles. The Morgan fingerprint density at radius 1 is 1.38 bits per heavy atom. The number of para-hydroxylation sites is 1. The number of benzene rings is 1. The summed E-state index contributed by atoms with van der Waals surface area (Å²) in [6, 6.07) is 9.44. The molecule has 7 heteroatoms. The van der Waals surface area contributed by atoms with Crippen molar-refractivity contribution < 1.29 is 4.79 Å². The second-order valence-corrected chi connectivity index (χ2v) is 3.91. The third-order valence-corrected chi connectivity index (χ3v) is 2.73. The van der Waals surface area contributed by atoms with E-state index in [1.165, 1.54) is 11.8 Å². The molecular weight excluding hydrogens is 226 g/mol. The van der Waals surface area contributed by atoms with Gasteiger partial charge in [0, 0.05) is 0 Å². The smallest absolute Gasteiger partial charge is 0.227 e. The van der Waals surface area contributed by atoms with Gasteiger partial charge >= 0.3 is 0 Å². The number of carbonyl (C=O) groups is 1. The highest BCUT2D eigenvalue weighted by atomic mass is 32.2. The summed E-state index contributed by atoms with van der Waals surface area (Å²) in [5.41, 5.74) is 5.91. The Bertz CT molecular complexity index is 484. The molecule has 0 radical (unpaired) electrons. The van der Waals surface area contributed by atoms with Gasteiger partial charge < -0.3 is 5.73 Å². The minimum absolute atomic E-state index is 0.160. The number of nitrogens with two attached hydrogens (primary N) is 1. The summed E-state index contributed by atoms with van der Waals surface area (Å²) in [6.07, 6.45) is 0. The molecule has 0 unspecified atom stereocenters. The molecule has 2 N–H and O–H groups in total. The molecule has 0 fully saturated rings. The van der Waals surface area contributed by atoms with Gasteiger partial charge in [0.1, 0.15) is 0 Å². The lowest BCUT2D eigenvalue weighted by molar-refractivity contribution is -0.115. The molecule has 0 aliphatic rings. The van der Waals surface area contributed by atoms with E-state index in [1.54, 1.807) is 4.68 Å². The summed E-state index contributed by atoms with van der Waals surface area (Å²) in [7, 11) is 0. The maximum Gasteiger partial charge on any atom is 0.227 e. The number of tetrazole rings is 1. The number of primary amides is 1. The SMILES string of the molecule is NC(=O)CSc1nnnn1-c1ccccc1. The summed E-state index contributed by atoms with van der Waals surface area (Å²) >= 11 is 1.21. The zero-order valence-corrected chi connectivity index (χ0v) is 9.09. The lowest BCUT2D eigenvalue weighted by atomic mass is 10.3. The van der Waals surface area contributed by atoms with E-state index in [9.17, 15) is 4.79 Å². The van der Waals surface area contributed by atoms with Crippen molar-refractivity contribution >= 4 is 17.7 Å². The molecule has 2 rings (SSSR count). The maximum absolute atomic E-state index is 10.7. The Kier molecular flexibility index (Phi) is 3.16. The van der Waals surface area contributed by atoms with Gasteiger partial charge in [-0.15, -0.1) is 5.10 Å². The van der Waals surface area contributed by atoms with E-state index in [4.69, 9.17) is 5.73 Å². The Hall–Kier alpha value is -1.89. The first-order valence-electron chi connectivity index (χ1n) is 4.52. The van der Waals surface area contributed by atoms with E-state index < -0.39 is 5.91 Å². The first kappa shape index (κ1) is 10.6. The topological polar surface area (TPSA) is 86.7 Å². The average molecular weight is 235 g/mol. The highest BCUT2D eigenvalue weighted by Gasteiger charge is 2.09. The highest BCUT2D eigenvalue weighted by molar-refractivity contribution is 7.99. The summed E-state index contributed by atoms with van der Waals surface area (Å²) in [5, 5.41) is 11.8. The van der Waals surface area contributed by atoms with E-state index >= 15 is 0 Å². The van der Waals surface area contributed by atoms with Gasteiger partial charge in [-0.25, -0.2) is 0 Å². The van der Waals surface area contributed by atoms with Crippen molar-refractivity contribution in [2.75, 3.05) is 5.75 Å². The summed E-state index contributed by atoms with van der Waals surface area (Å²) in [5.74, 6) is -0.236. The second kappa shape index (κ2) is 4.75. The van der Waals surface area contributed by atoms with Crippen LogP contribution < -0.4 is 5.73 Å². The molecule has 1 heterocycles.